The average Bonchev–Trinajstić information content (AvgIpc) is 3.09. The van der Waals surface area contributed by atoms with E-state index in [1.165, 1.54) is 7.11 Å². The number of ether oxygens (including phenoxy) is 1. The number of carbonyl (C=O) groups excluding carboxylic acids is 2. The largest absolute Gasteiger partial charge is 0.453 e. The number of aliphatic imine (C=N–C) groups is 1. The number of hydrogen-bond acceptors (Lipinski definition) is 4. The molecule has 2 amide bonds. The van der Waals surface area contributed by atoms with Gasteiger partial charge < -0.3 is 20.3 Å². The highest BCUT2D eigenvalue weighted by molar-refractivity contribution is 14.0. The van der Waals surface area contributed by atoms with Crippen LogP contribution in [-0.2, 0) is 16.1 Å². The van der Waals surface area contributed by atoms with E-state index < -0.39 is 6.09 Å². The van der Waals surface area contributed by atoms with Gasteiger partial charge in [0.15, 0.2) is 5.96 Å². The third-order valence-corrected chi connectivity index (χ3v) is 4.22. The molecule has 0 bridgehead atoms. The van der Waals surface area contributed by atoms with Crippen LogP contribution in [0, 0.1) is 0 Å². The van der Waals surface area contributed by atoms with Crippen LogP contribution < -0.4 is 16.0 Å². The lowest BCUT2D eigenvalue weighted by Gasteiger charge is -2.16. The SMILES string of the molecule is CCNC(=NCc1ccc(NC(=O)OC)cc1)NCCCN1CCCC1=O.I. The van der Waals surface area contributed by atoms with Crippen molar-refractivity contribution < 1.29 is 14.3 Å². The van der Waals surface area contributed by atoms with Crippen LogP contribution in [0.4, 0.5) is 10.5 Å². The van der Waals surface area contributed by atoms with Gasteiger partial charge in [-0.15, -0.1) is 24.0 Å². The number of nitrogens with one attached hydrogen (secondary N) is 3. The number of hydrogen-bond donors (Lipinski definition) is 3. The second-order valence-corrected chi connectivity index (χ2v) is 6.27. The Balaban J connectivity index is 0.00000392. The Morgan fingerprint density at radius 1 is 1.25 bits per heavy atom. The molecule has 0 aromatic heterocycles. The zero-order chi connectivity index (χ0) is 19.5. The molecular weight excluding hydrogens is 473 g/mol. The molecule has 9 heteroatoms. The van der Waals surface area contributed by atoms with Crippen LogP contribution in [-0.4, -0.2) is 56.1 Å². The molecule has 0 atom stereocenters. The van der Waals surface area contributed by atoms with Gasteiger partial charge >= 0.3 is 6.09 Å². The van der Waals surface area contributed by atoms with Crippen molar-refractivity contribution in [3.8, 4) is 0 Å². The zero-order valence-electron chi connectivity index (χ0n) is 16.5. The van der Waals surface area contributed by atoms with Gasteiger partial charge in [-0.05, 0) is 37.5 Å². The van der Waals surface area contributed by atoms with Gasteiger partial charge in [-0.25, -0.2) is 9.79 Å². The molecule has 1 aromatic rings. The van der Waals surface area contributed by atoms with E-state index in [0.29, 0.717) is 18.7 Å². The number of halogens is 1. The number of methoxy groups -OCH3 is 1. The van der Waals surface area contributed by atoms with E-state index in [1.807, 2.05) is 36.1 Å². The Morgan fingerprint density at radius 3 is 2.61 bits per heavy atom. The summed E-state index contributed by atoms with van der Waals surface area (Å²) in [5, 5.41) is 9.14. The average molecular weight is 503 g/mol. The number of guanidine groups is 1. The molecule has 0 radical (unpaired) electrons. The topological polar surface area (TPSA) is 95.1 Å². The summed E-state index contributed by atoms with van der Waals surface area (Å²) >= 11 is 0. The van der Waals surface area contributed by atoms with E-state index in [1.54, 1.807) is 0 Å². The van der Waals surface area contributed by atoms with Crippen LogP contribution in [0.25, 0.3) is 0 Å². The van der Waals surface area contributed by atoms with Crippen molar-refractivity contribution in [1.29, 1.82) is 0 Å². The quantitative estimate of drug-likeness (QED) is 0.220. The summed E-state index contributed by atoms with van der Waals surface area (Å²) in [5.41, 5.74) is 1.71. The second-order valence-electron chi connectivity index (χ2n) is 6.27. The van der Waals surface area contributed by atoms with E-state index in [9.17, 15) is 9.59 Å². The standard InChI is InChI=1S/C19H29N5O3.HI/c1-3-20-18(21-11-5-13-24-12-4-6-17(24)25)22-14-15-7-9-16(10-8-15)23-19(26)27-2;/h7-10H,3-6,11-14H2,1-2H3,(H,23,26)(H2,20,21,22);1H. The highest BCUT2D eigenvalue weighted by Crippen LogP contribution is 2.11. The maximum absolute atomic E-state index is 11.6. The molecule has 28 heavy (non-hydrogen) atoms. The first-order chi connectivity index (χ1) is 13.1. The molecule has 1 fully saturated rings. The van der Waals surface area contributed by atoms with Crippen molar-refractivity contribution in [3.05, 3.63) is 29.8 Å². The number of nitrogens with zero attached hydrogens (tertiary/aromatic N) is 2. The monoisotopic (exact) mass is 503 g/mol. The van der Waals surface area contributed by atoms with Crippen LogP contribution in [0.15, 0.2) is 29.3 Å². The highest BCUT2D eigenvalue weighted by Gasteiger charge is 2.18. The van der Waals surface area contributed by atoms with E-state index in [-0.39, 0.29) is 29.9 Å². The van der Waals surface area contributed by atoms with Crippen molar-refractivity contribution in [2.75, 3.05) is 38.6 Å². The lowest BCUT2D eigenvalue weighted by atomic mass is 10.2. The Kier molecular flexibility index (Phi) is 11.3. The molecule has 1 aliphatic rings. The Morgan fingerprint density at radius 2 is 2.00 bits per heavy atom. The lowest BCUT2D eigenvalue weighted by molar-refractivity contribution is -0.127. The fourth-order valence-electron chi connectivity index (χ4n) is 2.79. The first kappa shape index (κ1) is 24.0. The van der Waals surface area contributed by atoms with Gasteiger partial charge in [-0.2, -0.15) is 0 Å². The fraction of sp³-hybridized carbons (Fsp3) is 0.526. The minimum Gasteiger partial charge on any atom is -0.453 e. The predicted molar refractivity (Wildman–Crippen MR) is 121 cm³/mol. The first-order valence-electron chi connectivity index (χ1n) is 9.36. The van der Waals surface area contributed by atoms with E-state index in [2.05, 4.69) is 25.7 Å². The third kappa shape index (κ3) is 8.32. The van der Waals surface area contributed by atoms with Crippen molar-refractivity contribution >= 4 is 47.6 Å². The summed E-state index contributed by atoms with van der Waals surface area (Å²) in [5.74, 6) is 1.02. The molecule has 1 heterocycles. The van der Waals surface area contributed by atoms with Gasteiger partial charge in [0, 0.05) is 38.3 Å². The Hall–Kier alpha value is -2.04. The third-order valence-electron chi connectivity index (χ3n) is 4.22. The minimum absolute atomic E-state index is 0. The Labute approximate surface area is 183 Å². The van der Waals surface area contributed by atoms with Crippen LogP contribution >= 0.6 is 24.0 Å². The van der Waals surface area contributed by atoms with Crippen LogP contribution in [0.1, 0.15) is 31.7 Å². The summed E-state index contributed by atoms with van der Waals surface area (Å²) in [6.07, 6.45) is 2.06. The highest BCUT2D eigenvalue weighted by atomic mass is 127. The Bertz CT molecular complexity index is 651. The number of rotatable bonds is 8. The summed E-state index contributed by atoms with van der Waals surface area (Å²) in [4.78, 5) is 29.3. The summed E-state index contributed by atoms with van der Waals surface area (Å²) in [7, 11) is 1.33. The van der Waals surface area contributed by atoms with Crippen LogP contribution in [0.5, 0.6) is 0 Å². The summed E-state index contributed by atoms with van der Waals surface area (Å²) in [6.45, 7) is 5.76. The van der Waals surface area contributed by atoms with E-state index in [4.69, 9.17) is 0 Å². The van der Waals surface area contributed by atoms with Gasteiger partial charge in [0.05, 0.1) is 13.7 Å². The second kappa shape index (κ2) is 13.2. The molecule has 1 aromatic carbocycles. The summed E-state index contributed by atoms with van der Waals surface area (Å²) < 4.78 is 4.57. The number of likely N-dealkylation sites (tertiary alicyclic amines) is 1. The van der Waals surface area contributed by atoms with Crippen LogP contribution in [0.2, 0.25) is 0 Å². The molecule has 1 aliphatic heterocycles. The molecule has 0 unspecified atom stereocenters. The minimum atomic E-state index is -0.491. The molecule has 2 rings (SSSR count). The van der Waals surface area contributed by atoms with Gasteiger partial charge in [-0.3, -0.25) is 10.1 Å². The van der Waals surface area contributed by atoms with Crippen molar-refractivity contribution in [1.82, 2.24) is 15.5 Å². The maximum Gasteiger partial charge on any atom is 0.411 e. The van der Waals surface area contributed by atoms with Crippen LogP contribution in [0.3, 0.4) is 0 Å². The van der Waals surface area contributed by atoms with E-state index in [0.717, 1.165) is 50.5 Å². The smallest absolute Gasteiger partial charge is 0.411 e. The number of amides is 2. The molecule has 8 nitrogen and oxygen atoms in total. The maximum atomic E-state index is 11.6. The molecule has 1 saturated heterocycles. The van der Waals surface area contributed by atoms with Gasteiger partial charge in [0.1, 0.15) is 0 Å². The zero-order valence-corrected chi connectivity index (χ0v) is 18.8. The predicted octanol–water partition coefficient (Wildman–Crippen LogP) is 2.55. The normalized spacial score (nSPS) is 13.7. The van der Waals surface area contributed by atoms with Gasteiger partial charge in [0.2, 0.25) is 5.91 Å². The molecule has 0 saturated carbocycles. The molecule has 0 aliphatic carbocycles. The van der Waals surface area contributed by atoms with Crippen molar-refractivity contribution in [2.45, 2.75) is 32.7 Å². The van der Waals surface area contributed by atoms with Crippen molar-refractivity contribution in [3.63, 3.8) is 0 Å². The van der Waals surface area contributed by atoms with Crippen molar-refractivity contribution in [2.24, 2.45) is 4.99 Å². The molecule has 0 spiro atoms. The fourth-order valence-corrected chi connectivity index (χ4v) is 2.79. The molecular formula is C19H30IN5O3. The summed E-state index contributed by atoms with van der Waals surface area (Å²) in [6, 6.07) is 7.46. The number of anilines is 1. The number of carbonyl (C=O) groups is 2. The molecule has 3 N–H and O–H groups in total. The lowest BCUT2D eigenvalue weighted by Crippen LogP contribution is -2.39. The number of benzene rings is 1. The first-order valence-corrected chi connectivity index (χ1v) is 9.36. The molecule has 156 valence electrons. The van der Waals surface area contributed by atoms with Gasteiger partial charge in [0.25, 0.3) is 0 Å². The van der Waals surface area contributed by atoms with Gasteiger partial charge in [-0.1, -0.05) is 12.1 Å². The van der Waals surface area contributed by atoms with E-state index >= 15 is 0 Å².